The molecule has 164 valence electrons. The van der Waals surface area contributed by atoms with Gasteiger partial charge >= 0.3 is 0 Å². The Morgan fingerprint density at radius 3 is 2.34 bits per heavy atom. The monoisotopic (exact) mass is 431 g/mol. The lowest BCUT2D eigenvalue weighted by Gasteiger charge is -2.35. The number of hydrogen-bond donors (Lipinski definition) is 0. The summed E-state index contributed by atoms with van der Waals surface area (Å²) in [5, 5.41) is 0. The van der Waals surface area contributed by atoms with Gasteiger partial charge in [-0.15, -0.1) is 0 Å². The van der Waals surface area contributed by atoms with E-state index in [2.05, 4.69) is 0 Å². The van der Waals surface area contributed by atoms with Crippen molar-refractivity contribution in [1.82, 2.24) is 4.90 Å². The predicted octanol–water partition coefficient (Wildman–Crippen LogP) is 3.85. The van der Waals surface area contributed by atoms with Crippen LogP contribution in [-0.2, 0) is 9.53 Å². The van der Waals surface area contributed by atoms with Gasteiger partial charge in [-0.05, 0) is 23.3 Å². The number of amides is 1. The fraction of sp³-hybridized carbons (Fsp3) is 0.269. The zero-order valence-electron chi connectivity index (χ0n) is 17.7. The van der Waals surface area contributed by atoms with Gasteiger partial charge in [0.25, 0.3) is 0 Å². The van der Waals surface area contributed by atoms with E-state index >= 15 is 0 Å². The summed E-state index contributed by atoms with van der Waals surface area (Å²) >= 11 is 0. The van der Waals surface area contributed by atoms with Crippen LogP contribution in [0.5, 0.6) is 17.2 Å². The van der Waals surface area contributed by atoms with E-state index in [1.165, 1.54) is 0 Å². The van der Waals surface area contributed by atoms with E-state index in [-0.39, 0.29) is 24.7 Å². The molecule has 1 amide bonds. The lowest BCUT2D eigenvalue weighted by Crippen LogP contribution is -2.49. The topological polar surface area (TPSA) is 57.2 Å². The highest BCUT2D eigenvalue weighted by Crippen LogP contribution is 2.35. The van der Waals surface area contributed by atoms with E-state index in [0.29, 0.717) is 37.8 Å². The molecule has 0 saturated carbocycles. The van der Waals surface area contributed by atoms with Crippen LogP contribution in [0.15, 0.2) is 78.9 Å². The Labute approximate surface area is 187 Å². The Bertz CT molecular complexity index is 1020. The molecule has 2 heterocycles. The van der Waals surface area contributed by atoms with Crippen LogP contribution in [-0.4, -0.2) is 50.0 Å². The van der Waals surface area contributed by atoms with Gasteiger partial charge in [0.2, 0.25) is 12.7 Å². The highest BCUT2D eigenvalue weighted by atomic mass is 16.7. The maximum absolute atomic E-state index is 13.6. The average molecular weight is 431 g/mol. The summed E-state index contributed by atoms with van der Waals surface area (Å²) in [4.78, 5) is 15.5. The maximum Gasteiger partial charge on any atom is 0.234 e. The Kier molecular flexibility index (Phi) is 5.94. The molecule has 0 N–H and O–H groups in total. The van der Waals surface area contributed by atoms with Gasteiger partial charge in [-0.1, -0.05) is 60.7 Å². The highest BCUT2D eigenvalue weighted by molar-refractivity contribution is 5.87. The normalized spacial score (nSPS) is 17.4. The molecular weight excluding hydrogens is 406 g/mol. The van der Waals surface area contributed by atoms with Crippen LogP contribution in [0, 0.1) is 0 Å². The quantitative estimate of drug-likeness (QED) is 0.593. The van der Waals surface area contributed by atoms with E-state index in [9.17, 15) is 4.79 Å². The molecule has 0 aliphatic carbocycles. The van der Waals surface area contributed by atoms with Crippen LogP contribution >= 0.6 is 0 Å². The number of benzene rings is 3. The molecule has 2 aliphatic rings. The van der Waals surface area contributed by atoms with E-state index in [4.69, 9.17) is 18.9 Å². The van der Waals surface area contributed by atoms with E-state index in [1.54, 1.807) is 0 Å². The summed E-state index contributed by atoms with van der Waals surface area (Å²) in [6, 6.07) is 25.4. The second-order valence-electron chi connectivity index (χ2n) is 7.86. The van der Waals surface area contributed by atoms with Gasteiger partial charge in [-0.2, -0.15) is 0 Å². The Morgan fingerprint density at radius 2 is 1.62 bits per heavy atom. The largest absolute Gasteiger partial charge is 0.491 e. The van der Waals surface area contributed by atoms with Gasteiger partial charge < -0.3 is 23.8 Å². The zero-order chi connectivity index (χ0) is 21.8. The van der Waals surface area contributed by atoms with Crippen LogP contribution < -0.4 is 14.2 Å². The fourth-order valence-corrected chi connectivity index (χ4v) is 4.13. The third kappa shape index (κ3) is 4.41. The van der Waals surface area contributed by atoms with Crippen molar-refractivity contribution in [3.63, 3.8) is 0 Å². The summed E-state index contributed by atoms with van der Waals surface area (Å²) in [6.45, 7) is 2.11. The van der Waals surface area contributed by atoms with Gasteiger partial charge in [0.1, 0.15) is 18.5 Å². The predicted molar refractivity (Wildman–Crippen MR) is 119 cm³/mol. The second-order valence-corrected chi connectivity index (χ2v) is 7.86. The maximum atomic E-state index is 13.6. The van der Waals surface area contributed by atoms with Crippen molar-refractivity contribution in [2.75, 3.05) is 33.1 Å². The highest BCUT2D eigenvalue weighted by Gasteiger charge is 2.31. The number of carbonyl (C=O) groups excluding carboxylic acids is 1. The number of morpholine rings is 1. The average Bonchev–Trinajstić information content (AvgIpc) is 3.32. The summed E-state index contributed by atoms with van der Waals surface area (Å²) in [7, 11) is 0. The molecule has 0 spiro atoms. The molecule has 1 atom stereocenters. The molecule has 6 heteroatoms. The number of hydrogen-bond acceptors (Lipinski definition) is 5. The molecule has 32 heavy (non-hydrogen) atoms. The smallest absolute Gasteiger partial charge is 0.234 e. The second kappa shape index (κ2) is 9.32. The summed E-state index contributed by atoms with van der Waals surface area (Å²) < 4.78 is 22.6. The van der Waals surface area contributed by atoms with Gasteiger partial charge in [-0.25, -0.2) is 0 Å². The zero-order valence-corrected chi connectivity index (χ0v) is 17.7. The van der Waals surface area contributed by atoms with Crippen molar-refractivity contribution in [1.29, 1.82) is 0 Å². The van der Waals surface area contributed by atoms with E-state index in [1.807, 2.05) is 83.8 Å². The standard InChI is InChI=1S/C26H25NO5/c28-26(25(19-7-3-1-4-8-19)20-9-5-2-6-10-20)27-13-14-29-22(16-27)17-30-21-11-12-23-24(15-21)32-18-31-23/h1-12,15,22,25H,13-14,16-18H2. The third-order valence-corrected chi connectivity index (χ3v) is 5.74. The van der Waals surface area contributed by atoms with Crippen molar-refractivity contribution in [3.8, 4) is 17.2 Å². The Balaban J connectivity index is 1.27. The van der Waals surface area contributed by atoms with Crippen molar-refractivity contribution in [2.24, 2.45) is 0 Å². The van der Waals surface area contributed by atoms with Crippen molar-refractivity contribution in [2.45, 2.75) is 12.0 Å². The van der Waals surface area contributed by atoms with Gasteiger partial charge in [0.15, 0.2) is 11.5 Å². The van der Waals surface area contributed by atoms with Crippen molar-refractivity contribution in [3.05, 3.63) is 90.0 Å². The fourth-order valence-electron chi connectivity index (χ4n) is 4.13. The molecular formula is C26H25NO5. The third-order valence-electron chi connectivity index (χ3n) is 5.74. The first-order chi connectivity index (χ1) is 15.8. The van der Waals surface area contributed by atoms with Crippen LogP contribution in [0.2, 0.25) is 0 Å². The van der Waals surface area contributed by atoms with Gasteiger partial charge in [-0.3, -0.25) is 4.79 Å². The first-order valence-electron chi connectivity index (χ1n) is 10.8. The number of fused-ring (bicyclic) bond motifs is 1. The van der Waals surface area contributed by atoms with Crippen LogP contribution in [0.4, 0.5) is 0 Å². The number of ether oxygens (including phenoxy) is 4. The molecule has 0 aromatic heterocycles. The molecule has 0 radical (unpaired) electrons. The van der Waals surface area contributed by atoms with Crippen LogP contribution in [0.25, 0.3) is 0 Å². The molecule has 1 unspecified atom stereocenters. The Hall–Kier alpha value is -3.51. The minimum Gasteiger partial charge on any atom is -0.491 e. The number of nitrogens with zero attached hydrogens (tertiary/aromatic N) is 1. The van der Waals surface area contributed by atoms with E-state index in [0.717, 1.165) is 16.9 Å². The number of rotatable bonds is 6. The molecule has 6 nitrogen and oxygen atoms in total. The van der Waals surface area contributed by atoms with Crippen LogP contribution in [0.1, 0.15) is 17.0 Å². The van der Waals surface area contributed by atoms with Gasteiger partial charge in [0.05, 0.1) is 19.1 Å². The number of carbonyl (C=O) groups is 1. The first-order valence-corrected chi connectivity index (χ1v) is 10.8. The minimum atomic E-state index is -0.342. The Morgan fingerprint density at radius 1 is 0.938 bits per heavy atom. The van der Waals surface area contributed by atoms with E-state index < -0.39 is 0 Å². The van der Waals surface area contributed by atoms with Gasteiger partial charge in [0, 0.05) is 12.6 Å². The molecule has 3 aromatic carbocycles. The summed E-state index contributed by atoms with van der Waals surface area (Å²) in [6.07, 6.45) is -0.203. The lowest BCUT2D eigenvalue weighted by atomic mass is 9.90. The molecule has 1 fully saturated rings. The van der Waals surface area contributed by atoms with Crippen LogP contribution in [0.3, 0.4) is 0 Å². The molecule has 1 saturated heterocycles. The van der Waals surface area contributed by atoms with Crippen molar-refractivity contribution < 1.29 is 23.7 Å². The summed E-state index contributed by atoms with van der Waals surface area (Å²) in [5.41, 5.74) is 1.98. The minimum absolute atomic E-state index is 0.0822. The van der Waals surface area contributed by atoms with Crippen molar-refractivity contribution >= 4 is 5.91 Å². The molecule has 2 aliphatic heterocycles. The molecule has 5 rings (SSSR count). The molecule has 0 bridgehead atoms. The SMILES string of the molecule is O=C(C(c1ccccc1)c1ccccc1)N1CCOC(COc2ccc3c(c2)OCO3)C1. The summed E-state index contributed by atoms with van der Waals surface area (Å²) in [5.74, 6) is 1.82. The first kappa shape index (κ1) is 20.4. The lowest BCUT2D eigenvalue weighted by molar-refractivity contribution is -0.140. The molecule has 3 aromatic rings.